The summed E-state index contributed by atoms with van der Waals surface area (Å²) in [5.74, 6) is -0.380. The fourth-order valence-electron chi connectivity index (χ4n) is 3.47. The van der Waals surface area contributed by atoms with Crippen molar-refractivity contribution in [3.05, 3.63) is 79.8 Å². The third kappa shape index (κ3) is 3.94. The molecule has 4 aromatic rings. The van der Waals surface area contributed by atoms with Gasteiger partial charge < -0.3 is 5.32 Å². The van der Waals surface area contributed by atoms with Gasteiger partial charge in [-0.05, 0) is 50.1 Å². The molecule has 0 spiro atoms. The zero-order valence-corrected chi connectivity index (χ0v) is 18.3. The average molecular weight is 435 g/mol. The summed E-state index contributed by atoms with van der Waals surface area (Å²) in [6.45, 7) is 5.85. The molecule has 1 amide bonds. The lowest BCUT2D eigenvalue weighted by Gasteiger charge is -2.12. The number of carbonyl (C=O) groups is 1. The van der Waals surface area contributed by atoms with Crippen LogP contribution in [0, 0.1) is 13.8 Å². The van der Waals surface area contributed by atoms with Crippen molar-refractivity contribution in [1.82, 2.24) is 14.1 Å². The Morgan fingerprint density at radius 3 is 2.58 bits per heavy atom. The summed E-state index contributed by atoms with van der Waals surface area (Å²) in [5, 5.41) is 5.52. The molecule has 1 N–H and O–H groups in total. The number of nitrogens with one attached hydrogen (secondary N) is 1. The van der Waals surface area contributed by atoms with Gasteiger partial charge in [0.05, 0.1) is 16.6 Å². The van der Waals surface area contributed by atoms with Crippen molar-refractivity contribution >= 4 is 33.3 Å². The van der Waals surface area contributed by atoms with Crippen molar-refractivity contribution in [2.45, 2.75) is 33.9 Å². The van der Waals surface area contributed by atoms with Crippen LogP contribution < -0.4 is 16.6 Å². The number of aryl methyl sites for hydroxylation is 2. The van der Waals surface area contributed by atoms with Crippen molar-refractivity contribution in [3.63, 3.8) is 0 Å². The van der Waals surface area contributed by atoms with Gasteiger partial charge in [0.2, 0.25) is 5.91 Å². The normalized spacial score (nSPS) is 11.1. The van der Waals surface area contributed by atoms with E-state index in [9.17, 15) is 14.4 Å². The molecule has 0 saturated heterocycles. The van der Waals surface area contributed by atoms with Gasteiger partial charge in [-0.2, -0.15) is 0 Å². The molecule has 0 unspecified atom stereocenters. The molecule has 0 bridgehead atoms. The van der Waals surface area contributed by atoms with Gasteiger partial charge in [-0.3, -0.25) is 18.7 Å². The van der Waals surface area contributed by atoms with Crippen LogP contribution in [-0.4, -0.2) is 20.0 Å². The van der Waals surface area contributed by atoms with Crippen LogP contribution in [0.15, 0.2) is 57.4 Å². The van der Waals surface area contributed by atoms with Crippen molar-refractivity contribution in [2.24, 2.45) is 0 Å². The maximum absolute atomic E-state index is 12.8. The summed E-state index contributed by atoms with van der Waals surface area (Å²) in [6.07, 6.45) is 0. The highest BCUT2D eigenvalue weighted by atomic mass is 32.1. The zero-order chi connectivity index (χ0) is 22.1. The molecular weight excluding hydrogens is 412 g/mol. The molecule has 0 radical (unpaired) electrons. The summed E-state index contributed by atoms with van der Waals surface area (Å²) < 4.78 is 2.46. The molecule has 0 saturated carbocycles. The molecule has 2 aromatic carbocycles. The van der Waals surface area contributed by atoms with Gasteiger partial charge in [0.1, 0.15) is 6.54 Å². The number of rotatable bonds is 5. The van der Waals surface area contributed by atoms with E-state index in [-0.39, 0.29) is 24.6 Å². The van der Waals surface area contributed by atoms with Gasteiger partial charge in [-0.15, -0.1) is 11.3 Å². The third-order valence-electron chi connectivity index (χ3n) is 5.30. The molecule has 0 fully saturated rings. The molecule has 158 valence electrons. The monoisotopic (exact) mass is 434 g/mol. The molecule has 0 aliphatic rings. The summed E-state index contributed by atoms with van der Waals surface area (Å²) in [7, 11) is 0. The number of thiazole rings is 1. The molecule has 4 rings (SSSR count). The first-order valence-corrected chi connectivity index (χ1v) is 10.8. The third-order valence-corrected chi connectivity index (χ3v) is 6.06. The predicted octanol–water partition coefficient (Wildman–Crippen LogP) is 3.56. The van der Waals surface area contributed by atoms with E-state index in [1.807, 2.05) is 24.4 Å². The van der Waals surface area contributed by atoms with Crippen LogP contribution in [0.5, 0.6) is 0 Å². The minimum Gasteiger partial charge on any atom is -0.300 e. The number of benzene rings is 2. The Bertz CT molecular complexity index is 1410. The van der Waals surface area contributed by atoms with Crippen LogP contribution in [-0.2, 0) is 17.9 Å². The minimum absolute atomic E-state index is 0.210. The number of amides is 1. The summed E-state index contributed by atoms with van der Waals surface area (Å²) in [5.41, 5.74) is 3.73. The standard InChI is InChI=1S/C23H22N4O3S/c1-4-26-21(29)17-7-5-6-8-19(17)27(23(26)30)12-20(28)25-22-24-18(13-31-22)16-10-9-14(2)15(3)11-16/h5-11,13H,4,12H2,1-3H3,(H,24,25,28). The molecule has 0 aliphatic heterocycles. The van der Waals surface area contributed by atoms with E-state index in [1.165, 1.54) is 27.0 Å². The number of carbonyl (C=O) groups excluding carboxylic acids is 1. The van der Waals surface area contributed by atoms with Crippen LogP contribution in [0.4, 0.5) is 5.13 Å². The maximum atomic E-state index is 12.8. The van der Waals surface area contributed by atoms with Gasteiger partial charge in [0.25, 0.3) is 5.56 Å². The van der Waals surface area contributed by atoms with E-state index < -0.39 is 5.69 Å². The van der Waals surface area contributed by atoms with Crippen molar-refractivity contribution in [2.75, 3.05) is 5.32 Å². The number of para-hydroxylation sites is 1. The second-order valence-electron chi connectivity index (χ2n) is 7.32. The molecule has 8 heteroatoms. The molecule has 2 heterocycles. The van der Waals surface area contributed by atoms with E-state index in [1.54, 1.807) is 31.2 Å². The zero-order valence-electron chi connectivity index (χ0n) is 17.5. The second kappa shape index (κ2) is 8.31. The molecular formula is C23H22N4O3S. The number of fused-ring (bicyclic) bond motifs is 1. The second-order valence-corrected chi connectivity index (χ2v) is 8.18. The van der Waals surface area contributed by atoms with Crippen molar-refractivity contribution in [3.8, 4) is 11.3 Å². The molecule has 0 atom stereocenters. The molecule has 2 aromatic heterocycles. The Balaban J connectivity index is 1.61. The number of hydrogen-bond donors (Lipinski definition) is 1. The van der Waals surface area contributed by atoms with E-state index >= 15 is 0 Å². The first-order chi connectivity index (χ1) is 14.9. The topological polar surface area (TPSA) is 86.0 Å². The first-order valence-electron chi connectivity index (χ1n) is 9.94. The number of hydrogen-bond acceptors (Lipinski definition) is 5. The Morgan fingerprint density at radius 2 is 1.84 bits per heavy atom. The van der Waals surface area contributed by atoms with E-state index in [0.29, 0.717) is 16.0 Å². The fourth-order valence-corrected chi connectivity index (χ4v) is 4.21. The molecule has 31 heavy (non-hydrogen) atoms. The van der Waals surface area contributed by atoms with E-state index in [4.69, 9.17) is 0 Å². The van der Waals surface area contributed by atoms with Gasteiger partial charge in [-0.25, -0.2) is 9.78 Å². The molecule has 7 nitrogen and oxygen atoms in total. The van der Waals surface area contributed by atoms with Gasteiger partial charge >= 0.3 is 5.69 Å². The van der Waals surface area contributed by atoms with E-state index in [2.05, 4.69) is 23.3 Å². The highest BCUT2D eigenvalue weighted by Crippen LogP contribution is 2.26. The Kier molecular flexibility index (Phi) is 5.56. The number of nitrogens with zero attached hydrogens (tertiary/aromatic N) is 3. The van der Waals surface area contributed by atoms with Crippen LogP contribution in [0.25, 0.3) is 22.2 Å². The van der Waals surface area contributed by atoms with Gasteiger partial charge in [0, 0.05) is 17.5 Å². The van der Waals surface area contributed by atoms with Crippen LogP contribution in [0.1, 0.15) is 18.1 Å². The van der Waals surface area contributed by atoms with Crippen LogP contribution in [0.3, 0.4) is 0 Å². The minimum atomic E-state index is -0.503. The number of anilines is 1. The maximum Gasteiger partial charge on any atom is 0.331 e. The van der Waals surface area contributed by atoms with Crippen molar-refractivity contribution < 1.29 is 4.79 Å². The lowest BCUT2D eigenvalue weighted by atomic mass is 10.1. The lowest BCUT2D eigenvalue weighted by molar-refractivity contribution is -0.116. The number of aromatic nitrogens is 3. The Morgan fingerprint density at radius 1 is 1.06 bits per heavy atom. The SMILES string of the molecule is CCn1c(=O)c2ccccc2n(CC(=O)Nc2nc(-c3ccc(C)c(C)c3)cs2)c1=O. The highest BCUT2D eigenvalue weighted by molar-refractivity contribution is 7.14. The summed E-state index contributed by atoms with van der Waals surface area (Å²) >= 11 is 1.33. The smallest absolute Gasteiger partial charge is 0.300 e. The Hall–Kier alpha value is -3.52. The lowest BCUT2D eigenvalue weighted by Crippen LogP contribution is -2.41. The highest BCUT2D eigenvalue weighted by Gasteiger charge is 2.15. The summed E-state index contributed by atoms with van der Waals surface area (Å²) in [4.78, 5) is 42.6. The molecule has 0 aliphatic carbocycles. The first kappa shape index (κ1) is 20.7. The van der Waals surface area contributed by atoms with Crippen LogP contribution in [0.2, 0.25) is 0 Å². The van der Waals surface area contributed by atoms with Gasteiger partial charge in [-0.1, -0.05) is 24.3 Å². The van der Waals surface area contributed by atoms with E-state index in [0.717, 1.165) is 15.8 Å². The quantitative estimate of drug-likeness (QED) is 0.520. The fraction of sp³-hybridized carbons (Fsp3) is 0.217. The van der Waals surface area contributed by atoms with Gasteiger partial charge in [0.15, 0.2) is 5.13 Å². The van der Waals surface area contributed by atoms with Crippen LogP contribution >= 0.6 is 11.3 Å². The largest absolute Gasteiger partial charge is 0.331 e. The Labute approximate surface area is 182 Å². The predicted molar refractivity (Wildman–Crippen MR) is 124 cm³/mol. The average Bonchev–Trinajstić information content (AvgIpc) is 3.22. The van der Waals surface area contributed by atoms with Crippen molar-refractivity contribution in [1.29, 1.82) is 0 Å². The summed E-state index contributed by atoms with van der Waals surface area (Å²) in [6, 6.07) is 12.9.